The summed E-state index contributed by atoms with van der Waals surface area (Å²) in [5.74, 6) is -0.725. The summed E-state index contributed by atoms with van der Waals surface area (Å²) in [6.07, 6.45) is 5.18. The van der Waals surface area contributed by atoms with Crippen LogP contribution in [0.3, 0.4) is 0 Å². The zero-order chi connectivity index (χ0) is 25.4. The van der Waals surface area contributed by atoms with E-state index < -0.39 is 11.6 Å². The molecule has 11 heteroatoms. The summed E-state index contributed by atoms with van der Waals surface area (Å²) in [6.45, 7) is 4.33. The number of benzene rings is 2. The lowest BCUT2D eigenvalue weighted by atomic mass is 10.1. The van der Waals surface area contributed by atoms with Crippen LogP contribution in [0, 0.1) is 11.6 Å². The van der Waals surface area contributed by atoms with Gasteiger partial charge >= 0.3 is 0 Å². The molecule has 0 bridgehead atoms. The second kappa shape index (κ2) is 9.58. The minimum atomic E-state index is -0.681. The third-order valence-corrected chi connectivity index (χ3v) is 6.41. The van der Waals surface area contributed by atoms with Crippen molar-refractivity contribution in [2.24, 2.45) is 0 Å². The summed E-state index contributed by atoms with van der Waals surface area (Å²) in [5.41, 5.74) is 4.24. The highest BCUT2D eigenvalue weighted by atomic mass is 19.1. The molecule has 1 fully saturated rings. The fourth-order valence-corrected chi connectivity index (χ4v) is 4.38. The first-order valence-corrected chi connectivity index (χ1v) is 11.9. The van der Waals surface area contributed by atoms with Crippen LogP contribution in [0.4, 0.5) is 14.5 Å². The van der Waals surface area contributed by atoms with Gasteiger partial charge in [0.15, 0.2) is 11.5 Å². The Labute approximate surface area is 211 Å². The van der Waals surface area contributed by atoms with Crippen molar-refractivity contribution >= 4 is 17.0 Å². The molecule has 0 spiro atoms. The number of anilines is 1. The molecule has 186 valence electrons. The molecular weight excluding hydrogens is 476 g/mol. The summed E-state index contributed by atoms with van der Waals surface area (Å²) in [7, 11) is 2.13. The molecule has 3 aromatic heterocycles. The van der Waals surface area contributed by atoms with Crippen molar-refractivity contribution in [3.63, 3.8) is 0 Å². The molecule has 37 heavy (non-hydrogen) atoms. The van der Waals surface area contributed by atoms with Crippen molar-refractivity contribution in [1.29, 1.82) is 0 Å². The third-order valence-electron chi connectivity index (χ3n) is 6.41. The van der Waals surface area contributed by atoms with Crippen molar-refractivity contribution in [3.8, 4) is 22.6 Å². The van der Waals surface area contributed by atoms with E-state index >= 15 is 0 Å². The second-order valence-corrected chi connectivity index (χ2v) is 9.06. The van der Waals surface area contributed by atoms with E-state index in [1.54, 1.807) is 4.68 Å². The molecule has 5 aromatic rings. The Morgan fingerprint density at radius 1 is 0.838 bits per heavy atom. The van der Waals surface area contributed by atoms with Crippen LogP contribution < -0.4 is 4.90 Å². The van der Waals surface area contributed by atoms with E-state index in [4.69, 9.17) is 0 Å². The number of aromatic nitrogens is 7. The molecule has 4 heterocycles. The largest absolute Gasteiger partial charge is 0.366 e. The van der Waals surface area contributed by atoms with Crippen LogP contribution in [-0.2, 0) is 6.54 Å². The lowest BCUT2D eigenvalue weighted by Crippen LogP contribution is -2.44. The van der Waals surface area contributed by atoms with Crippen LogP contribution in [0.1, 0.15) is 5.56 Å². The van der Waals surface area contributed by atoms with Crippen molar-refractivity contribution < 1.29 is 8.78 Å². The van der Waals surface area contributed by atoms with E-state index in [2.05, 4.69) is 47.1 Å². The predicted octanol–water partition coefficient (Wildman–Crippen LogP) is 3.42. The van der Waals surface area contributed by atoms with E-state index in [9.17, 15) is 8.78 Å². The predicted molar refractivity (Wildman–Crippen MR) is 135 cm³/mol. The molecule has 0 unspecified atom stereocenters. The Bertz CT molecular complexity index is 1540. The summed E-state index contributed by atoms with van der Waals surface area (Å²) in [5, 5.41) is 8.27. The molecule has 0 N–H and O–H groups in total. The summed E-state index contributed by atoms with van der Waals surface area (Å²) >= 11 is 0. The van der Waals surface area contributed by atoms with E-state index in [-0.39, 0.29) is 0 Å². The minimum Gasteiger partial charge on any atom is -0.366 e. The molecule has 6 rings (SSSR count). The van der Waals surface area contributed by atoms with Crippen LogP contribution in [0.5, 0.6) is 0 Å². The van der Waals surface area contributed by atoms with Gasteiger partial charge in [-0.1, -0.05) is 23.4 Å². The Balaban J connectivity index is 1.24. The smallest absolute Gasteiger partial charge is 0.221 e. The number of fused-ring (bicyclic) bond motifs is 1. The molecule has 1 aliphatic heterocycles. The monoisotopic (exact) mass is 499 g/mol. The van der Waals surface area contributed by atoms with Gasteiger partial charge in [0.05, 0.1) is 36.5 Å². The maximum Gasteiger partial charge on any atom is 0.221 e. The first-order chi connectivity index (χ1) is 18.0. The standard InChI is InChI=1S/C26H23F2N9/c1-35-5-7-36(8-6-35)22-13-29-24(30-14-22)18-4-2-3-17(9-18)16-37-26-25(33-34-37)31-15-23(32-26)19-10-20(27)12-21(28)11-19/h2-4,9-15H,5-8,16H2,1H3. The average Bonchev–Trinajstić information content (AvgIpc) is 3.31. The number of hydrogen-bond acceptors (Lipinski definition) is 8. The zero-order valence-electron chi connectivity index (χ0n) is 20.1. The summed E-state index contributed by atoms with van der Waals surface area (Å²) in [6, 6.07) is 11.1. The maximum absolute atomic E-state index is 13.7. The van der Waals surface area contributed by atoms with Crippen LogP contribution in [-0.4, -0.2) is 73.1 Å². The van der Waals surface area contributed by atoms with Gasteiger partial charge < -0.3 is 9.80 Å². The minimum absolute atomic E-state index is 0.291. The number of piperazine rings is 1. The highest BCUT2D eigenvalue weighted by Crippen LogP contribution is 2.23. The Morgan fingerprint density at radius 2 is 1.59 bits per heavy atom. The van der Waals surface area contributed by atoms with Crippen LogP contribution in [0.2, 0.25) is 0 Å². The number of nitrogens with zero attached hydrogens (tertiary/aromatic N) is 9. The SMILES string of the molecule is CN1CCN(c2cnc(-c3cccc(Cn4nnc5ncc(-c6cc(F)cc(F)c6)nc54)c3)nc2)CC1. The van der Waals surface area contributed by atoms with Gasteiger partial charge in [0.1, 0.15) is 11.6 Å². The highest BCUT2D eigenvalue weighted by molar-refractivity contribution is 5.70. The topological polar surface area (TPSA) is 88.8 Å². The van der Waals surface area contributed by atoms with Gasteiger partial charge in [-0.15, -0.1) is 5.10 Å². The van der Waals surface area contributed by atoms with Crippen molar-refractivity contribution in [2.75, 3.05) is 38.1 Å². The van der Waals surface area contributed by atoms with Crippen LogP contribution in [0.25, 0.3) is 33.9 Å². The molecule has 2 aromatic carbocycles. The number of halogens is 2. The quantitative estimate of drug-likeness (QED) is 0.364. The number of hydrogen-bond donors (Lipinski definition) is 0. The Hall–Kier alpha value is -4.38. The van der Waals surface area contributed by atoms with Crippen molar-refractivity contribution in [1.82, 2.24) is 39.8 Å². The van der Waals surface area contributed by atoms with Crippen LogP contribution in [0.15, 0.2) is 61.1 Å². The molecule has 0 saturated carbocycles. The van der Waals surface area contributed by atoms with Gasteiger partial charge in [0, 0.05) is 43.4 Å². The van der Waals surface area contributed by atoms with Gasteiger partial charge in [-0.25, -0.2) is 33.4 Å². The van der Waals surface area contributed by atoms with Crippen molar-refractivity contribution in [2.45, 2.75) is 6.54 Å². The van der Waals surface area contributed by atoms with Gasteiger partial charge in [0.25, 0.3) is 0 Å². The summed E-state index contributed by atoms with van der Waals surface area (Å²) < 4.78 is 29.0. The fraction of sp³-hybridized carbons (Fsp3) is 0.231. The maximum atomic E-state index is 13.7. The third kappa shape index (κ3) is 4.85. The lowest BCUT2D eigenvalue weighted by molar-refractivity contribution is 0.312. The molecular formula is C26H23F2N9. The Kier molecular flexibility index (Phi) is 5.97. The van der Waals surface area contributed by atoms with Crippen molar-refractivity contribution in [3.05, 3.63) is 78.3 Å². The van der Waals surface area contributed by atoms with Gasteiger partial charge in [-0.05, 0) is 30.8 Å². The first kappa shape index (κ1) is 23.0. The number of rotatable bonds is 5. The molecule has 0 amide bonds. The molecule has 9 nitrogen and oxygen atoms in total. The highest BCUT2D eigenvalue weighted by Gasteiger charge is 2.16. The second-order valence-electron chi connectivity index (χ2n) is 9.06. The molecule has 0 atom stereocenters. The number of likely N-dealkylation sites (N-methyl/N-ethyl adjacent to an activating group) is 1. The average molecular weight is 500 g/mol. The fourth-order valence-electron chi connectivity index (χ4n) is 4.38. The normalized spacial score (nSPS) is 14.4. The van der Waals surface area contributed by atoms with Crippen LogP contribution >= 0.6 is 0 Å². The lowest BCUT2D eigenvalue weighted by Gasteiger charge is -2.33. The van der Waals surface area contributed by atoms with E-state index in [1.165, 1.54) is 18.3 Å². The van der Waals surface area contributed by atoms with Gasteiger partial charge in [0.2, 0.25) is 5.65 Å². The summed E-state index contributed by atoms with van der Waals surface area (Å²) in [4.78, 5) is 22.6. The van der Waals surface area contributed by atoms with E-state index in [1.807, 2.05) is 36.7 Å². The molecule has 0 aliphatic carbocycles. The van der Waals surface area contributed by atoms with E-state index in [0.717, 1.165) is 49.1 Å². The zero-order valence-corrected chi connectivity index (χ0v) is 20.1. The van der Waals surface area contributed by atoms with Gasteiger partial charge in [-0.3, -0.25) is 0 Å². The first-order valence-electron chi connectivity index (χ1n) is 11.9. The van der Waals surface area contributed by atoms with E-state index in [0.29, 0.717) is 34.9 Å². The Morgan fingerprint density at radius 3 is 2.35 bits per heavy atom. The molecule has 1 aliphatic rings. The van der Waals surface area contributed by atoms with Gasteiger partial charge in [-0.2, -0.15) is 0 Å². The molecule has 0 radical (unpaired) electrons. The molecule has 1 saturated heterocycles.